The molecule has 0 aromatic rings. The van der Waals surface area contributed by atoms with Crippen LogP contribution in [0.1, 0.15) is 12.8 Å². The van der Waals surface area contributed by atoms with Crippen molar-refractivity contribution >= 4 is 10.0 Å². The molecular formula is C5H11NO3S. The molecule has 5 heteroatoms. The molecule has 0 aromatic carbocycles. The Balaban J connectivity index is 2.41. The predicted octanol–water partition coefficient (Wildman–Crippen LogP) is -0.548. The monoisotopic (exact) mass is 165 g/mol. The number of hydrogen-bond acceptors (Lipinski definition) is 3. The number of primary sulfonamides is 1. The van der Waals surface area contributed by atoms with E-state index in [1.165, 1.54) is 0 Å². The Bertz CT molecular complexity index is 205. The Morgan fingerprint density at radius 1 is 1.50 bits per heavy atom. The topological polar surface area (TPSA) is 69.4 Å². The standard InChI is InChI=1S/C5H11NO3S/c1-9-4-2-5(3-4)10(6,7)8/h4-5H,2-3H2,1H3,(H2,6,7,8). The SMILES string of the molecule is COC1CC(S(N)(=O)=O)C1. The molecule has 0 saturated heterocycles. The summed E-state index contributed by atoms with van der Waals surface area (Å²) in [5.41, 5.74) is 0. The Hall–Kier alpha value is -0.130. The van der Waals surface area contributed by atoms with E-state index in [0.29, 0.717) is 12.8 Å². The summed E-state index contributed by atoms with van der Waals surface area (Å²) in [5.74, 6) is 0. The third kappa shape index (κ3) is 1.47. The summed E-state index contributed by atoms with van der Waals surface area (Å²) in [6, 6.07) is 0. The summed E-state index contributed by atoms with van der Waals surface area (Å²) in [7, 11) is -1.72. The molecule has 1 fully saturated rings. The molecule has 0 bridgehead atoms. The molecule has 0 unspecified atom stereocenters. The van der Waals surface area contributed by atoms with Gasteiger partial charge in [0.25, 0.3) is 0 Å². The van der Waals surface area contributed by atoms with Gasteiger partial charge >= 0.3 is 0 Å². The molecule has 0 atom stereocenters. The second kappa shape index (κ2) is 2.48. The van der Waals surface area contributed by atoms with Crippen molar-refractivity contribution in [2.45, 2.75) is 24.2 Å². The van der Waals surface area contributed by atoms with Crippen LogP contribution in [0.3, 0.4) is 0 Å². The zero-order chi connectivity index (χ0) is 7.78. The Labute approximate surface area is 60.4 Å². The molecule has 0 heterocycles. The van der Waals surface area contributed by atoms with Crippen LogP contribution in [-0.2, 0) is 14.8 Å². The van der Waals surface area contributed by atoms with Gasteiger partial charge in [-0.05, 0) is 12.8 Å². The van der Waals surface area contributed by atoms with E-state index in [1.54, 1.807) is 7.11 Å². The Morgan fingerprint density at radius 3 is 2.30 bits per heavy atom. The zero-order valence-electron chi connectivity index (χ0n) is 5.78. The molecule has 0 radical (unpaired) electrons. The van der Waals surface area contributed by atoms with E-state index < -0.39 is 10.0 Å². The van der Waals surface area contributed by atoms with Gasteiger partial charge in [-0.15, -0.1) is 0 Å². The van der Waals surface area contributed by atoms with E-state index in [9.17, 15) is 8.42 Å². The second-order valence-electron chi connectivity index (χ2n) is 2.54. The highest BCUT2D eigenvalue weighted by molar-refractivity contribution is 7.89. The van der Waals surface area contributed by atoms with Crippen molar-refractivity contribution in [2.24, 2.45) is 5.14 Å². The van der Waals surface area contributed by atoms with Crippen LogP contribution in [0, 0.1) is 0 Å². The molecular weight excluding hydrogens is 154 g/mol. The lowest BCUT2D eigenvalue weighted by Crippen LogP contribution is -2.43. The average molecular weight is 165 g/mol. The molecule has 1 aliphatic rings. The van der Waals surface area contributed by atoms with Gasteiger partial charge in [0.1, 0.15) is 0 Å². The van der Waals surface area contributed by atoms with E-state index in [-0.39, 0.29) is 11.4 Å². The van der Waals surface area contributed by atoms with Crippen LogP contribution >= 0.6 is 0 Å². The van der Waals surface area contributed by atoms with E-state index in [2.05, 4.69) is 0 Å². The van der Waals surface area contributed by atoms with Crippen LogP contribution in [0.15, 0.2) is 0 Å². The van der Waals surface area contributed by atoms with Gasteiger partial charge in [0.2, 0.25) is 10.0 Å². The van der Waals surface area contributed by atoms with Crippen molar-refractivity contribution < 1.29 is 13.2 Å². The molecule has 0 aliphatic heterocycles. The van der Waals surface area contributed by atoms with E-state index >= 15 is 0 Å². The van der Waals surface area contributed by atoms with Gasteiger partial charge in [0.05, 0.1) is 11.4 Å². The quantitative estimate of drug-likeness (QED) is 0.597. The van der Waals surface area contributed by atoms with Crippen LogP contribution in [-0.4, -0.2) is 26.9 Å². The van der Waals surface area contributed by atoms with Crippen molar-refractivity contribution in [3.8, 4) is 0 Å². The minimum Gasteiger partial charge on any atom is -0.381 e. The van der Waals surface area contributed by atoms with Gasteiger partial charge < -0.3 is 4.74 Å². The lowest BCUT2D eigenvalue weighted by atomic mass is 9.95. The van der Waals surface area contributed by atoms with Gasteiger partial charge in [-0.2, -0.15) is 0 Å². The number of methoxy groups -OCH3 is 1. The first kappa shape index (κ1) is 7.97. The number of ether oxygens (including phenoxy) is 1. The van der Waals surface area contributed by atoms with Crippen molar-refractivity contribution in [1.29, 1.82) is 0 Å². The van der Waals surface area contributed by atoms with Gasteiger partial charge in [-0.25, -0.2) is 13.6 Å². The highest BCUT2D eigenvalue weighted by Crippen LogP contribution is 2.27. The first-order valence-electron chi connectivity index (χ1n) is 3.08. The third-order valence-electron chi connectivity index (χ3n) is 1.85. The van der Waals surface area contributed by atoms with Crippen molar-refractivity contribution in [2.75, 3.05) is 7.11 Å². The second-order valence-corrected chi connectivity index (χ2v) is 4.38. The molecule has 4 nitrogen and oxygen atoms in total. The van der Waals surface area contributed by atoms with Crippen molar-refractivity contribution in [3.05, 3.63) is 0 Å². The average Bonchev–Trinajstić information content (AvgIpc) is 1.57. The maximum atomic E-state index is 10.6. The number of rotatable bonds is 2. The maximum absolute atomic E-state index is 10.6. The number of sulfonamides is 1. The fraction of sp³-hybridized carbons (Fsp3) is 1.00. The molecule has 0 aromatic heterocycles. The van der Waals surface area contributed by atoms with Crippen LogP contribution in [0.2, 0.25) is 0 Å². The van der Waals surface area contributed by atoms with Gasteiger partial charge in [-0.1, -0.05) is 0 Å². The van der Waals surface area contributed by atoms with E-state index in [4.69, 9.17) is 9.88 Å². The molecule has 0 spiro atoms. The third-order valence-corrected chi connectivity index (χ3v) is 3.16. The smallest absolute Gasteiger partial charge is 0.212 e. The predicted molar refractivity (Wildman–Crippen MR) is 36.9 cm³/mol. The Morgan fingerprint density at radius 2 is 2.00 bits per heavy atom. The minimum atomic E-state index is -3.29. The fourth-order valence-corrected chi connectivity index (χ4v) is 1.94. The van der Waals surface area contributed by atoms with Gasteiger partial charge in [-0.3, -0.25) is 0 Å². The molecule has 1 saturated carbocycles. The van der Waals surface area contributed by atoms with Crippen LogP contribution < -0.4 is 5.14 Å². The van der Waals surface area contributed by atoms with Crippen LogP contribution in [0.5, 0.6) is 0 Å². The van der Waals surface area contributed by atoms with E-state index in [1.807, 2.05) is 0 Å². The van der Waals surface area contributed by atoms with Crippen LogP contribution in [0.4, 0.5) is 0 Å². The summed E-state index contributed by atoms with van der Waals surface area (Å²) >= 11 is 0. The molecule has 1 aliphatic carbocycles. The highest BCUT2D eigenvalue weighted by Gasteiger charge is 2.36. The molecule has 1 rings (SSSR count). The molecule has 60 valence electrons. The summed E-state index contributed by atoms with van der Waals surface area (Å²) in [5, 5.41) is 4.51. The number of hydrogen-bond donors (Lipinski definition) is 1. The molecule has 2 N–H and O–H groups in total. The highest BCUT2D eigenvalue weighted by atomic mass is 32.2. The summed E-state index contributed by atoms with van der Waals surface area (Å²) in [6.07, 6.45) is 1.20. The summed E-state index contributed by atoms with van der Waals surface area (Å²) in [4.78, 5) is 0. The summed E-state index contributed by atoms with van der Waals surface area (Å²) < 4.78 is 26.1. The summed E-state index contributed by atoms with van der Waals surface area (Å²) in [6.45, 7) is 0. The van der Waals surface area contributed by atoms with Crippen LogP contribution in [0.25, 0.3) is 0 Å². The van der Waals surface area contributed by atoms with Gasteiger partial charge in [0, 0.05) is 7.11 Å². The normalized spacial score (nSPS) is 33.4. The van der Waals surface area contributed by atoms with Crippen molar-refractivity contribution in [1.82, 2.24) is 0 Å². The minimum absolute atomic E-state index is 0.100. The largest absolute Gasteiger partial charge is 0.381 e. The first-order valence-corrected chi connectivity index (χ1v) is 4.69. The number of nitrogens with two attached hydrogens (primary N) is 1. The van der Waals surface area contributed by atoms with E-state index in [0.717, 1.165) is 0 Å². The Kier molecular flexibility index (Phi) is 1.98. The lowest BCUT2D eigenvalue weighted by molar-refractivity contribution is 0.0436. The van der Waals surface area contributed by atoms with Crippen molar-refractivity contribution in [3.63, 3.8) is 0 Å². The van der Waals surface area contributed by atoms with Gasteiger partial charge in [0.15, 0.2) is 0 Å². The lowest BCUT2D eigenvalue weighted by Gasteiger charge is -2.31. The fourth-order valence-electron chi connectivity index (χ4n) is 0.978. The molecule has 0 amide bonds. The first-order chi connectivity index (χ1) is 4.54. The zero-order valence-corrected chi connectivity index (χ0v) is 6.60. The molecule has 10 heavy (non-hydrogen) atoms. The maximum Gasteiger partial charge on any atom is 0.212 e.